The minimum atomic E-state index is -0.638. The lowest BCUT2D eigenvalue weighted by Gasteiger charge is -2.33. The van der Waals surface area contributed by atoms with Crippen molar-refractivity contribution in [2.45, 2.75) is 20.0 Å². The number of nitrogens with one attached hydrogen (secondary N) is 1. The fraction of sp³-hybridized carbons (Fsp3) is 0.318. The smallest absolute Gasteiger partial charge is 0.312 e. The summed E-state index contributed by atoms with van der Waals surface area (Å²) in [5.74, 6) is -0.804. The predicted molar refractivity (Wildman–Crippen MR) is 108 cm³/mol. The first-order valence-corrected chi connectivity index (χ1v) is 9.49. The summed E-state index contributed by atoms with van der Waals surface area (Å²) in [6, 6.07) is 15.2. The van der Waals surface area contributed by atoms with Crippen LogP contribution in [0.3, 0.4) is 0 Å². The Bertz CT molecular complexity index is 912. The number of nitrogens with zero attached hydrogens (tertiary/aromatic N) is 2. The van der Waals surface area contributed by atoms with Gasteiger partial charge in [0.25, 0.3) is 0 Å². The van der Waals surface area contributed by atoms with Gasteiger partial charge >= 0.3 is 11.8 Å². The molecule has 7 nitrogen and oxygen atoms in total. The summed E-state index contributed by atoms with van der Waals surface area (Å²) in [6.45, 7) is 3.31. The van der Waals surface area contributed by atoms with Crippen LogP contribution in [0.15, 0.2) is 48.5 Å². The van der Waals surface area contributed by atoms with Gasteiger partial charge < -0.3 is 19.9 Å². The van der Waals surface area contributed by atoms with Gasteiger partial charge in [-0.05, 0) is 30.2 Å². The number of benzene rings is 2. The average Bonchev–Trinajstić information content (AvgIpc) is 2.72. The standard InChI is InChI=1S/C22H25N3O4/c1-16-5-3-7-18(11-16)14-24-9-10-25(22(28)21(24)27)15-20(26)23-13-17-6-4-8-19(12-17)29-2/h3-8,11-12H,9-10,13-15H2,1-2H3,(H,23,26). The van der Waals surface area contributed by atoms with Crippen LogP contribution in [0.2, 0.25) is 0 Å². The lowest BCUT2D eigenvalue weighted by molar-refractivity contribution is -0.157. The van der Waals surface area contributed by atoms with E-state index in [9.17, 15) is 14.4 Å². The summed E-state index contributed by atoms with van der Waals surface area (Å²) in [4.78, 5) is 39.9. The number of hydrogen-bond donors (Lipinski definition) is 1. The molecule has 0 aromatic heterocycles. The van der Waals surface area contributed by atoms with Crippen molar-refractivity contribution in [1.82, 2.24) is 15.1 Å². The minimum absolute atomic E-state index is 0.132. The highest BCUT2D eigenvalue weighted by atomic mass is 16.5. The van der Waals surface area contributed by atoms with Crippen molar-refractivity contribution in [3.05, 3.63) is 65.2 Å². The molecule has 29 heavy (non-hydrogen) atoms. The lowest BCUT2D eigenvalue weighted by atomic mass is 10.1. The maximum absolute atomic E-state index is 12.4. The monoisotopic (exact) mass is 395 g/mol. The van der Waals surface area contributed by atoms with E-state index in [1.165, 1.54) is 9.80 Å². The summed E-state index contributed by atoms with van der Waals surface area (Å²) < 4.78 is 5.16. The van der Waals surface area contributed by atoms with Gasteiger partial charge in [0, 0.05) is 26.2 Å². The average molecular weight is 395 g/mol. The second-order valence-corrected chi connectivity index (χ2v) is 7.07. The van der Waals surface area contributed by atoms with Crippen molar-refractivity contribution < 1.29 is 19.1 Å². The number of methoxy groups -OCH3 is 1. The Morgan fingerprint density at radius 2 is 1.69 bits per heavy atom. The molecule has 7 heteroatoms. The van der Waals surface area contributed by atoms with E-state index in [0.29, 0.717) is 31.9 Å². The highest BCUT2D eigenvalue weighted by molar-refractivity contribution is 6.35. The quantitative estimate of drug-likeness (QED) is 0.721. The molecule has 0 aliphatic carbocycles. The highest BCUT2D eigenvalue weighted by Crippen LogP contribution is 2.13. The van der Waals surface area contributed by atoms with Gasteiger partial charge in [0.2, 0.25) is 5.91 Å². The first-order valence-electron chi connectivity index (χ1n) is 9.49. The van der Waals surface area contributed by atoms with Crippen molar-refractivity contribution in [1.29, 1.82) is 0 Å². The number of carbonyl (C=O) groups is 3. The zero-order valence-electron chi connectivity index (χ0n) is 16.7. The predicted octanol–water partition coefficient (Wildman–Crippen LogP) is 1.49. The van der Waals surface area contributed by atoms with E-state index in [1.807, 2.05) is 55.5 Å². The zero-order chi connectivity index (χ0) is 20.8. The number of amides is 3. The number of carbonyl (C=O) groups excluding carboxylic acids is 3. The molecule has 2 aromatic rings. The summed E-state index contributed by atoms with van der Waals surface area (Å²) in [7, 11) is 1.58. The number of rotatable bonds is 7. The van der Waals surface area contributed by atoms with E-state index in [1.54, 1.807) is 7.11 Å². The SMILES string of the molecule is COc1cccc(CNC(=O)CN2CCN(Cc3cccc(C)c3)C(=O)C2=O)c1. The molecule has 0 unspecified atom stereocenters. The lowest BCUT2D eigenvalue weighted by Crippen LogP contribution is -2.55. The highest BCUT2D eigenvalue weighted by Gasteiger charge is 2.33. The van der Waals surface area contributed by atoms with Gasteiger partial charge in [0.15, 0.2) is 0 Å². The second kappa shape index (κ2) is 9.23. The molecule has 0 spiro atoms. The Morgan fingerprint density at radius 3 is 2.45 bits per heavy atom. The normalized spacial score (nSPS) is 14.1. The third kappa shape index (κ3) is 5.34. The first-order chi connectivity index (χ1) is 14.0. The van der Waals surface area contributed by atoms with Crippen LogP contribution in [0.1, 0.15) is 16.7 Å². The fourth-order valence-electron chi connectivity index (χ4n) is 3.26. The third-order valence-corrected chi connectivity index (χ3v) is 4.81. The van der Waals surface area contributed by atoms with Crippen LogP contribution in [0.5, 0.6) is 5.75 Å². The van der Waals surface area contributed by atoms with Gasteiger partial charge in [0.1, 0.15) is 12.3 Å². The van der Waals surface area contributed by atoms with Crippen LogP contribution >= 0.6 is 0 Å². The maximum Gasteiger partial charge on any atom is 0.312 e. The Balaban J connectivity index is 1.51. The molecule has 1 aliphatic heterocycles. The largest absolute Gasteiger partial charge is 0.497 e. The molecule has 1 N–H and O–H groups in total. The topological polar surface area (TPSA) is 79.0 Å². The van der Waals surface area contributed by atoms with E-state index in [2.05, 4.69) is 5.32 Å². The summed E-state index contributed by atoms with van der Waals surface area (Å²) in [5, 5.41) is 2.78. The van der Waals surface area contributed by atoms with Gasteiger partial charge in [-0.25, -0.2) is 0 Å². The van der Waals surface area contributed by atoms with Crippen LogP contribution in [0.4, 0.5) is 0 Å². The molecule has 3 amide bonds. The van der Waals surface area contributed by atoms with Crippen LogP contribution in [-0.4, -0.2) is 54.3 Å². The molecule has 1 fully saturated rings. The van der Waals surface area contributed by atoms with Crippen molar-refractivity contribution in [3.63, 3.8) is 0 Å². The Labute approximate surface area is 170 Å². The second-order valence-electron chi connectivity index (χ2n) is 7.07. The van der Waals surface area contributed by atoms with Gasteiger partial charge in [0.05, 0.1) is 7.11 Å². The van der Waals surface area contributed by atoms with E-state index in [0.717, 1.165) is 16.7 Å². The van der Waals surface area contributed by atoms with Gasteiger partial charge in [-0.2, -0.15) is 0 Å². The number of aryl methyl sites for hydroxylation is 1. The van der Waals surface area contributed by atoms with E-state index in [4.69, 9.17) is 4.74 Å². The molecular weight excluding hydrogens is 370 g/mol. The Kier molecular flexibility index (Phi) is 6.49. The van der Waals surface area contributed by atoms with Crippen LogP contribution < -0.4 is 10.1 Å². The first kappa shape index (κ1) is 20.4. The van der Waals surface area contributed by atoms with Crippen LogP contribution in [0, 0.1) is 6.92 Å². The van der Waals surface area contributed by atoms with Gasteiger partial charge in [-0.1, -0.05) is 42.0 Å². The molecule has 3 rings (SSSR count). The molecule has 2 aromatic carbocycles. The molecule has 1 saturated heterocycles. The van der Waals surface area contributed by atoms with E-state index < -0.39 is 11.8 Å². The molecule has 0 radical (unpaired) electrons. The molecule has 0 saturated carbocycles. The molecule has 152 valence electrons. The molecule has 0 atom stereocenters. The molecule has 1 heterocycles. The van der Waals surface area contributed by atoms with Crippen molar-refractivity contribution in [2.75, 3.05) is 26.7 Å². The summed E-state index contributed by atoms with van der Waals surface area (Å²) in [6.07, 6.45) is 0. The van der Waals surface area contributed by atoms with Crippen LogP contribution in [0.25, 0.3) is 0 Å². The van der Waals surface area contributed by atoms with Gasteiger partial charge in [-0.3, -0.25) is 14.4 Å². The van der Waals surface area contributed by atoms with E-state index >= 15 is 0 Å². The number of hydrogen-bond acceptors (Lipinski definition) is 4. The van der Waals surface area contributed by atoms with Crippen molar-refractivity contribution >= 4 is 17.7 Å². The third-order valence-electron chi connectivity index (χ3n) is 4.81. The number of piperazine rings is 1. The minimum Gasteiger partial charge on any atom is -0.497 e. The summed E-state index contributed by atoms with van der Waals surface area (Å²) >= 11 is 0. The molecule has 1 aliphatic rings. The molecule has 0 bridgehead atoms. The maximum atomic E-state index is 12.4. The van der Waals surface area contributed by atoms with Crippen LogP contribution in [-0.2, 0) is 27.5 Å². The molecular formula is C22H25N3O4. The number of ether oxygens (including phenoxy) is 1. The van der Waals surface area contributed by atoms with Crippen molar-refractivity contribution in [2.24, 2.45) is 0 Å². The van der Waals surface area contributed by atoms with E-state index in [-0.39, 0.29) is 12.5 Å². The van der Waals surface area contributed by atoms with Gasteiger partial charge in [-0.15, -0.1) is 0 Å². The Morgan fingerprint density at radius 1 is 1.00 bits per heavy atom. The van der Waals surface area contributed by atoms with Crippen molar-refractivity contribution in [3.8, 4) is 5.75 Å². The zero-order valence-corrected chi connectivity index (χ0v) is 16.7. The summed E-state index contributed by atoms with van der Waals surface area (Å²) in [5.41, 5.74) is 2.98. The Hall–Kier alpha value is -3.35. The fourth-order valence-corrected chi connectivity index (χ4v) is 3.26.